The van der Waals surface area contributed by atoms with Gasteiger partial charge in [-0.3, -0.25) is 0 Å². The Morgan fingerprint density at radius 2 is 1.90 bits per heavy atom. The average molecular weight is 292 g/mol. The molecule has 2 aromatic rings. The van der Waals surface area contributed by atoms with Crippen LogP contribution in [-0.2, 0) is 23.2 Å². The molecular formula is C14H16N2O3S. The lowest BCUT2D eigenvalue weighted by Gasteiger charge is -2.10. The van der Waals surface area contributed by atoms with E-state index in [1.807, 2.05) is 30.3 Å². The lowest BCUT2D eigenvalue weighted by Crippen LogP contribution is -2.21. The molecule has 0 atom stereocenters. The monoisotopic (exact) mass is 292 g/mol. The highest BCUT2D eigenvalue weighted by Gasteiger charge is 2.07. The van der Waals surface area contributed by atoms with Crippen molar-refractivity contribution in [3.63, 3.8) is 0 Å². The van der Waals surface area contributed by atoms with Crippen molar-refractivity contribution in [2.24, 2.45) is 0 Å². The summed E-state index contributed by atoms with van der Waals surface area (Å²) in [6.07, 6.45) is 2.73. The fraction of sp³-hybridized carbons (Fsp3) is 0.214. The van der Waals surface area contributed by atoms with E-state index in [-0.39, 0.29) is 6.54 Å². The minimum absolute atomic E-state index is 0.163. The van der Waals surface area contributed by atoms with Crippen molar-refractivity contribution in [1.82, 2.24) is 9.71 Å². The van der Waals surface area contributed by atoms with Crippen LogP contribution in [0.1, 0.15) is 11.1 Å². The second-order valence-electron chi connectivity index (χ2n) is 4.34. The smallest absolute Gasteiger partial charge is 0.218 e. The fourth-order valence-electron chi connectivity index (χ4n) is 1.62. The fourth-order valence-corrected chi connectivity index (χ4v) is 2.04. The SMILES string of the molecule is CS(=O)(=O)NCc1cccnc1OCc1ccccc1. The van der Waals surface area contributed by atoms with Crippen LogP contribution in [-0.4, -0.2) is 19.7 Å². The molecule has 0 amide bonds. The summed E-state index contributed by atoms with van der Waals surface area (Å²) in [5.74, 6) is 0.438. The van der Waals surface area contributed by atoms with Crippen molar-refractivity contribution in [3.8, 4) is 5.88 Å². The molecule has 0 saturated heterocycles. The first-order chi connectivity index (χ1) is 9.54. The molecule has 1 heterocycles. The van der Waals surface area contributed by atoms with Gasteiger partial charge in [0.15, 0.2) is 0 Å². The minimum Gasteiger partial charge on any atom is -0.473 e. The van der Waals surface area contributed by atoms with E-state index in [2.05, 4.69) is 9.71 Å². The topological polar surface area (TPSA) is 68.3 Å². The van der Waals surface area contributed by atoms with Crippen LogP contribution >= 0.6 is 0 Å². The third kappa shape index (κ3) is 4.64. The van der Waals surface area contributed by atoms with E-state index >= 15 is 0 Å². The van der Waals surface area contributed by atoms with Crippen molar-refractivity contribution in [2.45, 2.75) is 13.2 Å². The Morgan fingerprint density at radius 1 is 1.15 bits per heavy atom. The zero-order valence-electron chi connectivity index (χ0n) is 11.1. The number of pyridine rings is 1. The predicted molar refractivity (Wildman–Crippen MR) is 76.7 cm³/mol. The molecule has 0 aliphatic rings. The van der Waals surface area contributed by atoms with E-state index in [0.29, 0.717) is 18.1 Å². The first-order valence-corrected chi connectivity index (χ1v) is 7.99. The first kappa shape index (κ1) is 14.5. The first-order valence-electron chi connectivity index (χ1n) is 6.10. The van der Waals surface area contributed by atoms with Crippen LogP contribution in [0.15, 0.2) is 48.7 Å². The van der Waals surface area contributed by atoms with Gasteiger partial charge in [-0.05, 0) is 11.6 Å². The quantitative estimate of drug-likeness (QED) is 0.880. The highest BCUT2D eigenvalue weighted by atomic mass is 32.2. The Balaban J connectivity index is 2.04. The van der Waals surface area contributed by atoms with Gasteiger partial charge in [0.05, 0.1) is 6.26 Å². The molecule has 1 aromatic carbocycles. The van der Waals surface area contributed by atoms with Crippen molar-refractivity contribution in [3.05, 3.63) is 59.8 Å². The molecule has 106 valence electrons. The van der Waals surface area contributed by atoms with E-state index in [1.165, 1.54) is 0 Å². The number of rotatable bonds is 6. The molecule has 0 saturated carbocycles. The maximum Gasteiger partial charge on any atom is 0.218 e. The highest BCUT2D eigenvalue weighted by Crippen LogP contribution is 2.16. The second kappa shape index (κ2) is 6.49. The van der Waals surface area contributed by atoms with Crippen molar-refractivity contribution >= 4 is 10.0 Å². The molecule has 0 aliphatic carbocycles. The van der Waals surface area contributed by atoms with Crippen molar-refractivity contribution in [2.75, 3.05) is 6.26 Å². The minimum atomic E-state index is -3.24. The summed E-state index contributed by atoms with van der Waals surface area (Å²) in [5.41, 5.74) is 1.73. The summed E-state index contributed by atoms with van der Waals surface area (Å²) in [7, 11) is -3.24. The van der Waals surface area contributed by atoms with Gasteiger partial charge in [-0.15, -0.1) is 0 Å². The van der Waals surface area contributed by atoms with Gasteiger partial charge in [-0.25, -0.2) is 18.1 Å². The molecule has 1 aromatic heterocycles. The van der Waals surface area contributed by atoms with Crippen LogP contribution in [0.2, 0.25) is 0 Å². The number of benzene rings is 1. The molecule has 0 fully saturated rings. The molecule has 2 rings (SSSR count). The van der Waals surface area contributed by atoms with Crippen LogP contribution in [0.4, 0.5) is 0 Å². The van der Waals surface area contributed by atoms with Gasteiger partial charge in [0.1, 0.15) is 6.61 Å². The van der Waals surface area contributed by atoms with Crippen LogP contribution < -0.4 is 9.46 Å². The summed E-state index contributed by atoms with van der Waals surface area (Å²) < 4.78 is 30.3. The number of hydrogen-bond acceptors (Lipinski definition) is 4. The number of hydrogen-bond donors (Lipinski definition) is 1. The normalized spacial score (nSPS) is 11.2. The highest BCUT2D eigenvalue weighted by molar-refractivity contribution is 7.88. The van der Waals surface area contributed by atoms with Gasteiger partial charge in [0.25, 0.3) is 0 Å². The Morgan fingerprint density at radius 3 is 2.60 bits per heavy atom. The van der Waals surface area contributed by atoms with Crippen LogP contribution in [0, 0.1) is 0 Å². The summed E-state index contributed by atoms with van der Waals surface area (Å²) >= 11 is 0. The molecule has 0 aliphatic heterocycles. The summed E-state index contributed by atoms with van der Waals surface area (Å²) in [5, 5.41) is 0. The van der Waals surface area contributed by atoms with Gasteiger partial charge >= 0.3 is 0 Å². The van der Waals surface area contributed by atoms with Gasteiger partial charge in [-0.2, -0.15) is 0 Å². The second-order valence-corrected chi connectivity index (χ2v) is 6.17. The van der Waals surface area contributed by atoms with Crippen molar-refractivity contribution in [1.29, 1.82) is 0 Å². The Bertz CT molecular complexity index is 657. The van der Waals surface area contributed by atoms with Gasteiger partial charge in [0.2, 0.25) is 15.9 Å². The largest absolute Gasteiger partial charge is 0.473 e. The van der Waals surface area contributed by atoms with Crippen LogP contribution in [0.25, 0.3) is 0 Å². The van der Waals surface area contributed by atoms with E-state index < -0.39 is 10.0 Å². The van der Waals surface area contributed by atoms with Crippen LogP contribution in [0.3, 0.4) is 0 Å². The maximum atomic E-state index is 11.1. The Labute approximate surface area is 118 Å². The predicted octanol–water partition coefficient (Wildman–Crippen LogP) is 1.71. The van der Waals surface area contributed by atoms with Gasteiger partial charge < -0.3 is 4.74 Å². The third-order valence-electron chi connectivity index (χ3n) is 2.59. The number of ether oxygens (including phenoxy) is 1. The van der Waals surface area contributed by atoms with E-state index in [0.717, 1.165) is 11.8 Å². The molecule has 0 spiro atoms. The van der Waals surface area contributed by atoms with E-state index in [9.17, 15) is 8.42 Å². The number of sulfonamides is 1. The molecule has 1 N–H and O–H groups in total. The molecule has 5 nitrogen and oxygen atoms in total. The number of nitrogens with one attached hydrogen (secondary N) is 1. The van der Waals surface area contributed by atoms with Gasteiger partial charge in [0, 0.05) is 18.3 Å². The summed E-state index contributed by atoms with van der Waals surface area (Å²) in [6.45, 7) is 0.556. The lowest BCUT2D eigenvalue weighted by atomic mass is 10.2. The zero-order chi connectivity index (χ0) is 14.4. The van der Waals surface area contributed by atoms with Crippen molar-refractivity contribution < 1.29 is 13.2 Å². The third-order valence-corrected chi connectivity index (χ3v) is 3.26. The molecule has 0 unspecified atom stereocenters. The molecule has 20 heavy (non-hydrogen) atoms. The Kier molecular flexibility index (Phi) is 4.70. The summed E-state index contributed by atoms with van der Waals surface area (Å²) in [4.78, 5) is 4.14. The lowest BCUT2D eigenvalue weighted by molar-refractivity contribution is 0.290. The summed E-state index contributed by atoms with van der Waals surface area (Å²) in [6, 6.07) is 13.2. The number of aromatic nitrogens is 1. The number of nitrogens with zero attached hydrogens (tertiary/aromatic N) is 1. The molecule has 0 bridgehead atoms. The van der Waals surface area contributed by atoms with E-state index in [1.54, 1.807) is 18.3 Å². The molecular weight excluding hydrogens is 276 g/mol. The standard InChI is InChI=1S/C14H16N2O3S/c1-20(17,18)16-10-13-8-5-9-15-14(13)19-11-12-6-3-2-4-7-12/h2-9,16H,10-11H2,1H3. The average Bonchev–Trinajstić information content (AvgIpc) is 2.44. The maximum absolute atomic E-state index is 11.1. The molecule has 6 heteroatoms. The molecule has 0 radical (unpaired) electrons. The van der Waals surface area contributed by atoms with Gasteiger partial charge in [-0.1, -0.05) is 36.4 Å². The van der Waals surface area contributed by atoms with Crippen LogP contribution in [0.5, 0.6) is 5.88 Å². The Hall–Kier alpha value is -1.92. The zero-order valence-corrected chi connectivity index (χ0v) is 11.9. The van der Waals surface area contributed by atoms with E-state index in [4.69, 9.17) is 4.74 Å².